The molecule has 0 spiro atoms. The summed E-state index contributed by atoms with van der Waals surface area (Å²) >= 11 is 0. The molecule has 0 fully saturated rings. The van der Waals surface area contributed by atoms with Crippen molar-refractivity contribution in [3.8, 4) is 0 Å². The van der Waals surface area contributed by atoms with Crippen LogP contribution in [0.25, 0.3) is 0 Å². The van der Waals surface area contributed by atoms with Crippen molar-refractivity contribution in [3.63, 3.8) is 0 Å². The molecular formula is C22H47NO. The van der Waals surface area contributed by atoms with E-state index >= 15 is 0 Å². The third kappa shape index (κ3) is 18.3. The Morgan fingerprint density at radius 2 is 0.833 bits per heavy atom. The van der Waals surface area contributed by atoms with Crippen molar-refractivity contribution in [1.29, 1.82) is 0 Å². The predicted molar refractivity (Wildman–Crippen MR) is 108 cm³/mol. The summed E-state index contributed by atoms with van der Waals surface area (Å²) in [5, 5.41) is 9.73. The molecule has 0 heterocycles. The van der Waals surface area contributed by atoms with Crippen LogP contribution in [0.2, 0.25) is 0 Å². The lowest BCUT2D eigenvalue weighted by Crippen LogP contribution is -2.38. The van der Waals surface area contributed by atoms with E-state index in [4.69, 9.17) is 5.73 Å². The van der Waals surface area contributed by atoms with Crippen LogP contribution in [-0.2, 0) is 0 Å². The van der Waals surface area contributed by atoms with Gasteiger partial charge in [0.05, 0.1) is 0 Å². The molecule has 0 aromatic heterocycles. The van der Waals surface area contributed by atoms with Gasteiger partial charge >= 0.3 is 0 Å². The third-order valence-corrected chi connectivity index (χ3v) is 5.33. The largest absolute Gasteiger partial charge is 0.376 e. The molecule has 0 amide bonds. The van der Waals surface area contributed by atoms with Gasteiger partial charge in [-0.3, -0.25) is 0 Å². The van der Waals surface area contributed by atoms with Gasteiger partial charge < -0.3 is 10.8 Å². The van der Waals surface area contributed by atoms with Crippen molar-refractivity contribution in [2.75, 3.05) is 0 Å². The summed E-state index contributed by atoms with van der Waals surface area (Å²) in [5.41, 5.74) is 4.82. The molecule has 1 unspecified atom stereocenters. The minimum atomic E-state index is -0.921. The predicted octanol–water partition coefficient (Wildman–Crippen LogP) is 7.09. The first-order valence-corrected chi connectivity index (χ1v) is 11.1. The van der Waals surface area contributed by atoms with Gasteiger partial charge in [-0.15, -0.1) is 0 Å². The first kappa shape index (κ1) is 23.9. The topological polar surface area (TPSA) is 46.2 Å². The quantitative estimate of drug-likeness (QED) is 0.195. The molecule has 0 radical (unpaired) electrons. The second kappa shape index (κ2) is 17.7. The molecule has 0 aromatic carbocycles. The molecule has 0 rings (SSSR count). The Hall–Kier alpha value is -0.0800. The molecule has 24 heavy (non-hydrogen) atoms. The molecule has 1 atom stereocenters. The minimum absolute atomic E-state index is 0.659. The average Bonchev–Trinajstić information content (AvgIpc) is 2.57. The Bertz CT molecular complexity index is 240. The normalized spacial score (nSPS) is 14.0. The molecule has 2 heteroatoms. The van der Waals surface area contributed by atoms with Gasteiger partial charge in [0.2, 0.25) is 0 Å². The molecule has 0 saturated heterocycles. The Balaban J connectivity index is 3.05. The van der Waals surface area contributed by atoms with Crippen LogP contribution in [0, 0.1) is 0 Å². The monoisotopic (exact) mass is 341 g/mol. The zero-order valence-electron chi connectivity index (χ0n) is 17.0. The number of nitrogens with two attached hydrogens (primary N) is 1. The lowest BCUT2D eigenvalue weighted by molar-refractivity contribution is 0.0314. The molecular weight excluding hydrogens is 294 g/mol. The van der Waals surface area contributed by atoms with Gasteiger partial charge in [0.1, 0.15) is 5.72 Å². The van der Waals surface area contributed by atoms with Crippen LogP contribution in [-0.4, -0.2) is 10.8 Å². The molecule has 0 saturated carbocycles. The number of rotatable bonds is 19. The molecule has 0 aliphatic carbocycles. The maximum absolute atomic E-state index is 9.73. The van der Waals surface area contributed by atoms with E-state index in [0.717, 1.165) is 12.8 Å². The maximum Gasteiger partial charge on any atom is 0.113 e. The van der Waals surface area contributed by atoms with Crippen molar-refractivity contribution in [2.24, 2.45) is 5.73 Å². The number of hydrogen-bond acceptors (Lipinski definition) is 2. The van der Waals surface area contributed by atoms with E-state index in [1.54, 1.807) is 0 Å². The van der Waals surface area contributed by atoms with Crippen LogP contribution in [0.15, 0.2) is 0 Å². The third-order valence-electron chi connectivity index (χ3n) is 5.33. The molecule has 0 aromatic rings. The summed E-state index contributed by atoms with van der Waals surface area (Å²) in [4.78, 5) is 0. The maximum atomic E-state index is 9.73. The highest BCUT2D eigenvalue weighted by Gasteiger charge is 2.16. The van der Waals surface area contributed by atoms with Crippen LogP contribution in [0.5, 0.6) is 0 Å². The lowest BCUT2D eigenvalue weighted by atomic mass is 10.0. The fourth-order valence-corrected chi connectivity index (χ4v) is 3.33. The Morgan fingerprint density at radius 1 is 0.542 bits per heavy atom. The van der Waals surface area contributed by atoms with E-state index in [1.165, 1.54) is 103 Å². The second-order valence-electron chi connectivity index (χ2n) is 7.86. The van der Waals surface area contributed by atoms with Gasteiger partial charge in [-0.2, -0.15) is 0 Å². The summed E-state index contributed by atoms with van der Waals surface area (Å²) in [6.07, 6.45) is 25.0. The van der Waals surface area contributed by atoms with Crippen molar-refractivity contribution in [2.45, 2.75) is 142 Å². The molecule has 146 valence electrons. The van der Waals surface area contributed by atoms with Crippen LogP contribution < -0.4 is 5.73 Å². The van der Waals surface area contributed by atoms with E-state index in [-0.39, 0.29) is 0 Å². The average molecular weight is 342 g/mol. The van der Waals surface area contributed by atoms with Gasteiger partial charge in [0.25, 0.3) is 0 Å². The summed E-state index contributed by atoms with van der Waals surface area (Å²) in [6, 6.07) is 0. The molecule has 0 bridgehead atoms. The van der Waals surface area contributed by atoms with Gasteiger partial charge in [0, 0.05) is 0 Å². The van der Waals surface area contributed by atoms with E-state index < -0.39 is 5.72 Å². The first-order chi connectivity index (χ1) is 11.6. The van der Waals surface area contributed by atoms with Gasteiger partial charge in [-0.1, -0.05) is 117 Å². The van der Waals surface area contributed by atoms with Gasteiger partial charge in [0.15, 0.2) is 0 Å². The molecule has 2 nitrogen and oxygen atoms in total. The zero-order chi connectivity index (χ0) is 17.9. The van der Waals surface area contributed by atoms with E-state index in [2.05, 4.69) is 6.92 Å². The van der Waals surface area contributed by atoms with E-state index in [0.29, 0.717) is 6.42 Å². The van der Waals surface area contributed by atoms with Crippen molar-refractivity contribution in [3.05, 3.63) is 0 Å². The minimum Gasteiger partial charge on any atom is -0.376 e. The smallest absolute Gasteiger partial charge is 0.113 e. The summed E-state index contributed by atoms with van der Waals surface area (Å²) in [6.45, 7) is 4.24. The second-order valence-corrected chi connectivity index (χ2v) is 7.86. The van der Waals surface area contributed by atoms with Crippen molar-refractivity contribution >= 4 is 0 Å². The lowest BCUT2D eigenvalue weighted by Gasteiger charge is -2.20. The fourth-order valence-electron chi connectivity index (χ4n) is 3.33. The van der Waals surface area contributed by atoms with Gasteiger partial charge in [-0.05, 0) is 19.3 Å². The Kier molecular flexibility index (Phi) is 17.7. The standard InChI is InChI=1S/C22H47NO/c1-3-5-6-7-8-9-10-11-12-13-14-15-16-17-18-19-20-21-22(23,24)4-2/h24H,3-21,23H2,1-2H3. The highest BCUT2D eigenvalue weighted by atomic mass is 16.3. The summed E-state index contributed by atoms with van der Waals surface area (Å²) < 4.78 is 0. The van der Waals surface area contributed by atoms with Crippen molar-refractivity contribution in [1.82, 2.24) is 0 Å². The Morgan fingerprint density at radius 3 is 1.12 bits per heavy atom. The van der Waals surface area contributed by atoms with E-state index in [1.807, 2.05) is 6.92 Å². The molecule has 0 aliphatic heterocycles. The van der Waals surface area contributed by atoms with Crippen LogP contribution in [0.1, 0.15) is 136 Å². The zero-order valence-corrected chi connectivity index (χ0v) is 17.0. The molecule has 3 N–H and O–H groups in total. The summed E-state index contributed by atoms with van der Waals surface area (Å²) in [5.74, 6) is 0. The Labute approximate surface area is 153 Å². The van der Waals surface area contributed by atoms with Gasteiger partial charge in [-0.25, -0.2) is 0 Å². The van der Waals surface area contributed by atoms with Crippen molar-refractivity contribution < 1.29 is 5.11 Å². The van der Waals surface area contributed by atoms with Crippen LogP contribution in [0.4, 0.5) is 0 Å². The van der Waals surface area contributed by atoms with Crippen LogP contribution in [0.3, 0.4) is 0 Å². The number of hydrogen-bond donors (Lipinski definition) is 2. The first-order valence-electron chi connectivity index (χ1n) is 11.1. The molecule has 0 aliphatic rings. The highest BCUT2D eigenvalue weighted by Crippen LogP contribution is 2.16. The summed E-state index contributed by atoms with van der Waals surface area (Å²) in [7, 11) is 0. The fraction of sp³-hybridized carbons (Fsp3) is 1.00. The number of aliphatic hydroxyl groups is 1. The SMILES string of the molecule is CCCCCCCCCCCCCCCCCCCC(N)(O)CC. The number of unbranched alkanes of at least 4 members (excludes halogenated alkanes) is 16. The van der Waals surface area contributed by atoms with E-state index in [9.17, 15) is 5.11 Å². The van der Waals surface area contributed by atoms with Crippen LogP contribution >= 0.6 is 0 Å². The highest BCUT2D eigenvalue weighted by molar-refractivity contribution is 4.67.